The molecule has 124 valence electrons. The fourth-order valence-corrected chi connectivity index (χ4v) is 3.70. The molecule has 1 aliphatic heterocycles. The zero-order chi connectivity index (χ0) is 15.9. The molecule has 0 saturated carbocycles. The first-order valence-corrected chi connectivity index (χ1v) is 9.20. The summed E-state index contributed by atoms with van der Waals surface area (Å²) >= 11 is 7.07. The van der Waals surface area contributed by atoms with E-state index in [1.165, 1.54) is 4.70 Å². The number of thiocarbonyl (C=S) groups is 1. The first kappa shape index (κ1) is 16.6. The molecule has 0 radical (unpaired) electrons. The van der Waals surface area contributed by atoms with Crippen molar-refractivity contribution >= 4 is 38.9 Å². The summed E-state index contributed by atoms with van der Waals surface area (Å²) in [7, 11) is 0. The highest BCUT2D eigenvalue weighted by Gasteiger charge is 2.09. The van der Waals surface area contributed by atoms with Gasteiger partial charge < -0.3 is 15.4 Å². The van der Waals surface area contributed by atoms with Gasteiger partial charge in [-0.3, -0.25) is 4.90 Å². The molecule has 2 aromatic rings. The molecule has 0 amide bonds. The number of aromatic nitrogens is 1. The van der Waals surface area contributed by atoms with Crippen LogP contribution in [-0.2, 0) is 11.2 Å². The Morgan fingerprint density at radius 3 is 2.83 bits per heavy atom. The van der Waals surface area contributed by atoms with Crippen molar-refractivity contribution in [2.75, 3.05) is 45.9 Å². The number of rotatable bonds is 6. The van der Waals surface area contributed by atoms with E-state index >= 15 is 0 Å². The first-order chi connectivity index (χ1) is 11.3. The Kier molecular flexibility index (Phi) is 6.15. The number of nitrogens with one attached hydrogen (secondary N) is 2. The van der Waals surface area contributed by atoms with Gasteiger partial charge in [0.15, 0.2) is 5.11 Å². The topological polar surface area (TPSA) is 49.4 Å². The SMILES string of the molecule is S=C(NCCc1nc2ccccc2s1)NCCN1CCOCC1. The number of morpholine rings is 1. The van der Waals surface area contributed by atoms with E-state index in [1.54, 1.807) is 11.3 Å². The molecule has 7 heteroatoms. The number of fused-ring (bicyclic) bond motifs is 1. The molecule has 23 heavy (non-hydrogen) atoms. The van der Waals surface area contributed by atoms with Crippen LogP contribution in [0.15, 0.2) is 24.3 Å². The Hall–Kier alpha value is -1.28. The fraction of sp³-hybridized carbons (Fsp3) is 0.500. The van der Waals surface area contributed by atoms with Crippen LogP contribution in [0, 0.1) is 0 Å². The van der Waals surface area contributed by atoms with Crippen molar-refractivity contribution in [3.63, 3.8) is 0 Å². The molecule has 1 saturated heterocycles. The highest BCUT2D eigenvalue weighted by molar-refractivity contribution is 7.80. The summed E-state index contributed by atoms with van der Waals surface area (Å²) in [5, 5.41) is 8.39. The zero-order valence-electron chi connectivity index (χ0n) is 13.1. The maximum absolute atomic E-state index is 5.34. The first-order valence-electron chi connectivity index (χ1n) is 7.97. The van der Waals surface area contributed by atoms with Gasteiger partial charge in [-0.25, -0.2) is 4.98 Å². The van der Waals surface area contributed by atoms with Crippen LogP contribution >= 0.6 is 23.6 Å². The van der Waals surface area contributed by atoms with Gasteiger partial charge in [-0.05, 0) is 24.4 Å². The van der Waals surface area contributed by atoms with Crippen molar-refractivity contribution in [1.29, 1.82) is 0 Å². The van der Waals surface area contributed by atoms with Gasteiger partial charge in [0.1, 0.15) is 0 Å². The molecule has 2 N–H and O–H groups in total. The lowest BCUT2D eigenvalue weighted by molar-refractivity contribution is 0.0389. The number of benzene rings is 1. The predicted molar refractivity (Wildman–Crippen MR) is 99.2 cm³/mol. The van der Waals surface area contributed by atoms with Gasteiger partial charge in [0.05, 0.1) is 28.4 Å². The molecule has 0 atom stereocenters. The summed E-state index contributed by atoms with van der Waals surface area (Å²) in [6.07, 6.45) is 0.893. The van der Waals surface area contributed by atoms with E-state index in [4.69, 9.17) is 17.0 Å². The third-order valence-electron chi connectivity index (χ3n) is 3.78. The van der Waals surface area contributed by atoms with Crippen LogP contribution in [0.1, 0.15) is 5.01 Å². The van der Waals surface area contributed by atoms with Crippen LogP contribution in [-0.4, -0.2) is 60.9 Å². The Balaban J connectivity index is 1.32. The van der Waals surface area contributed by atoms with Gasteiger partial charge in [-0.2, -0.15) is 0 Å². The maximum Gasteiger partial charge on any atom is 0.166 e. The van der Waals surface area contributed by atoms with Crippen molar-refractivity contribution < 1.29 is 4.74 Å². The summed E-state index contributed by atoms with van der Waals surface area (Å²) < 4.78 is 6.58. The molecule has 1 aromatic heterocycles. The molecule has 5 nitrogen and oxygen atoms in total. The number of thiazole rings is 1. The van der Waals surface area contributed by atoms with Gasteiger partial charge in [0.25, 0.3) is 0 Å². The van der Waals surface area contributed by atoms with E-state index in [9.17, 15) is 0 Å². The molecule has 2 heterocycles. The Labute approximate surface area is 146 Å². The van der Waals surface area contributed by atoms with Crippen molar-refractivity contribution in [3.05, 3.63) is 29.3 Å². The monoisotopic (exact) mass is 350 g/mol. The largest absolute Gasteiger partial charge is 0.379 e. The second kappa shape index (κ2) is 8.54. The van der Waals surface area contributed by atoms with Gasteiger partial charge >= 0.3 is 0 Å². The fourth-order valence-electron chi connectivity index (χ4n) is 2.52. The quantitative estimate of drug-likeness (QED) is 0.773. The zero-order valence-corrected chi connectivity index (χ0v) is 14.7. The molecule has 0 unspecified atom stereocenters. The number of nitrogens with zero attached hydrogens (tertiary/aromatic N) is 2. The second-order valence-corrected chi connectivity index (χ2v) is 6.99. The lowest BCUT2D eigenvalue weighted by Crippen LogP contribution is -2.43. The summed E-state index contributed by atoms with van der Waals surface area (Å²) in [6, 6.07) is 8.25. The highest BCUT2D eigenvalue weighted by atomic mass is 32.1. The average Bonchev–Trinajstić information content (AvgIpc) is 2.98. The van der Waals surface area contributed by atoms with Gasteiger partial charge in [0.2, 0.25) is 0 Å². The van der Waals surface area contributed by atoms with E-state index in [1.807, 2.05) is 6.07 Å². The summed E-state index contributed by atoms with van der Waals surface area (Å²) in [5.41, 5.74) is 1.08. The molecular formula is C16H22N4OS2. The minimum absolute atomic E-state index is 0.722. The van der Waals surface area contributed by atoms with Crippen LogP contribution in [0.4, 0.5) is 0 Å². The van der Waals surface area contributed by atoms with Crippen molar-refractivity contribution in [1.82, 2.24) is 20.5 Å². The van der Waals surface area contributed by atoms with Crippen LogP contribution in [0.5, 0.6) is 0 Å². The minimum Gasteiger partial charge on any atom is -0.379 e. The van der Waals surface area contributed by atoms with E-state index in [0.717, 1.165) is 68.0 Å². The molecule has 0 aliphatic carbocycles. The van der Waals surface area contributed by atoms with Crippen LogP contribution in [0.3, 0.4) is 0 Å². The Bertz CT molecular complexity index is 607. The molecule has 1 fully saturated rings. The number of para-hydroxylation sites is 1. The third-order valence-corrected chi connectivity index (χ3v) is 5.16. The number of ether oxygens (including phenoxy) is 1. The second-order valence-electron chi connectivity index (χ2n) is 5.46. The average molecular weight is 351 g/mol. The standard InChI is InChI=1S/C16H22N4OS2/c22-16(18-7-8-20-9-11-21-12-10-20)17-6-5-15-19-13-3-1-2-4-14(13)23-15/h1-4H,5-12H2,(H2,17,18,22). The van der Waals surface area contributed by atoms with Crippen LogP contribution in [0.25, 0.3) is 10.2 Å². The van der Waals surface area contributed by atoms with Crippen molar-refractivity contribution in [2.45, 2.75) is 6.42 Å². The molecule has 1 aromatic carbocycles. The van der Waals surface area contributed by atoms with Crippen LogP contribution < -0.4 is 10.6 Å². The lowest BCUT2D eigenvalue weighted by atomic mass is 10.3. The molecule has 1 aliphatic rings. The Morgan fingerprint density at radius 1 is 1.22 bits per heavy atom. The van der Waals surface area contributed by atoms with E-state index < -0.39 is 0 Å². The van der Waals surface area contributed by atoms with Crippen LogP contribution in [0.2, 0.25) is 0 Å². The molecule has 0 bridgehead atoms. The van der Waals surface area contributed by atoms with E-state index in [-0.39, 0.29) is 0 Å². The maximum atomic E-state index is 5.34. The van der Waals surface area contributed by atoms with Gasteiger partial charge in [0, 0.05) is 39.1 Å². The third kappa shape index (κ3) is 5.10. The van der Waals surface area contributed by atoms with Gasteiger partial charge in [-0.15, -0.1) is 11.3 Å². The van der Waals surface area contributed by atoms with Crippen molar-refractivity contribution in [3.8, 4) is 0 Å². The summed E-state index contributed by atoms with van der Waals surface area (Å²) in [6.45, 7) is 6.38. The smallest absolute Gasteiger partial charge is 0.166 e. The van der Waals surface area contributed by atoms with Gasteiger partial charge in [-0.1, -0.05) is 12.1 Å². The molecule has 3 rings (SSSR count). The number of hydrogen-bond donors (Lipinski definition) is 2. The molecule has 0 spiro atoms. The normalized spacial score (nSPS) is 15.7. The van der Waals surface area contributed by atoms with Crippen molar-refractivity contribution in [2.24, 2.45) is 0 Å². The molecular weight excluding hydrogens is 328 g/mol. The predicted octanol–water partition coefficient (Wildman–Crippen LogP) is 1.64. The van der Waals surface area contributed by atoms with E-state index in [0.29, 0.717) is 0 Å². The summed E-state index contributed by atoms with van der Waals surface area (Å²) in [5.74, 6) is 0. The summed E-state index contributed by atoms with van der Waals surface area (Å²) in [4.78, 5) is 7.02. The van der Waals surface area contributed by atoms with E-state index in [2.05, 4.69) is 38.7 Å². The lowest BCUT2D eigenvalue weighted by Gasteiger charge is -2.26. The highest BCUT2D eigenvalue weighted by Crippen LogP contribution is 2.21. The minimum atomic E-state index is 0.722. The Morgan fingerprint density at radius 2 is 2.00 bits per heavy atom. The number of hydrogen-bond acceptors (Lipinski definition) is 5.